The molecule has 0 bridgehead atoms. The summed E-state index contributed by atoms with van der Waals surface area (Å²) in [5.41, 5.74) is 1.80. The van der Waals surface area contributed by atoms with E-state index in [1.807, 2.05) is 6.92 Å². The number of urea groups is 1. The van der Waals surface area contributed by atoms with Gasteiger partial charge in [-0.2, -0.15) is 5.10 Å². The quantitative estimate of drug-likeness (QED) is 0.690. The molecule has 8 heteroatoms. The highest BCUT2D eigenvalue weighted by Crippen LogP contribution is 2.18. The third kappa shape index (κ3) is 2.74. The molecular formula is C12H18N4O4. The molecule has 3 N–H and O–H groups in total. The number of hydrogen-bond acceptors (Lipinski definition) is 4. The van der Waals surface area contributed by atoms with E-state index in [0.29, 0.717) is 0 Å². The average Bonchev–Trinajstić information content (AvgIpc) is 2.92. The van der Waals surface area contributed by atoms with Gasteiger partial charge >= 0.3 is 12.0 Å². The minimum Gasteiger partial charge on any atom is -0.480 e. The Morgan fingerprint density at radius 3 is 2.80 bits per heavy atom. The summed E-state index contributed by atoms with van der Waals surface area (Å²) in [5.74, 6) is -1.10. The number of aromatic nitrogens is 2. The summed E-state index contributed by atoms with van der Waals surface area (Å²) in [5, 5.41) is 25.3. The highest BCUT2D eigenvalue weighted by molar-refractivity contribution is 5.83. The van der Waals surface area contributed by atoms with Gasteiger partial charge in [-0.3, -0.25) is 4.68 Å². The van der Waals surface area contributed by atoms with Crippen molar-refractivity contribution >= 4 is 12.0 Å². The minimum absolute atomic E-state index is 0.0365. The number of aliphatic carboxylic acids is 1. The molecule has 1 aromatic rings. The molecule has 0 saturated carbocycles. The second-order valence-corrected chi connectivity index (χ2v) is 4.93. The lowest BCUT2D eigenvalue weighted by Crippen LogP contribution is -2.46. The fourth-order valence-electron chi connectivity index (χ4n) is 2.26. The maximum atomic E-state index is 12.0. The van der Waals surface area contributed by atoms with Crippen molar-refractivity contribution in [2.45, 2.75) is 32.0 Å². The first-order valence-corrected chi connectivity index (χ1v) is 6.33. The number of likely N-dealkylation sites (tertiary alicyclic amines) is 1. The van der Waals surface area contributed by atoms with Crippen LogP contribution in [0.15, 0.2) is 6.20 Å². The lowest BCUT2D eigenvalue weighted by Gasteiger charge is -2.21. The molecule has 2 heterocycles. The molecule has 2 rings (SSSR count). The maximum absolute atomic E-state index is 12.0. The number of aryl methyl sites for hydroxylation is 1. The first-order chi connectivity index (χ1) is 9.40. The Morgan fingerprint density at radius 2 is 2.25 bits per heavy atom. The minimum atomic E-state index is -1.10. The SMILES string of the molecule is Cc1c(CNC(=O)N2CC(O)CC2C(=O)O)cnn1C. The zero-order valence-corrected chi connectivity index (χ0v) is 11.4. The van der Waals surface area contributed by atoms with Crippen LogP contribution in [0.1, 0.15) is 17.7 Å². The number of nitrogens with zero attached hydrogens (tertiary/aromatic N) is 3. The predicted molar refractivity (Wildman–Crippen MR) is 68.9 cm³/mol. The molecular weight excluding hydrogens is 264 g/mol. The predicted octanol–water partition coefficient (Wildman–Crippen LogP) is -0.542. The zero-order chi connectivity index (χ0) is 14.9. The summed E-state index contributed by atoms with van der Waals surface area (Å²) < 4.78 is 1.70. The van der Waals surface area contributed by atoms with Gasteiger partial charge in [0.15, 0.2) is 0 Å². The second-order valence-electron chi connectivity index (χ2n) is 4.93. The molecule has 8 nitrogen and oxygen atoms in total. The molecule has 110 valence electrons. The highest BCUT2D eigenvalue weighted by atomic mass is 16.4. The Labute approximate surface area is 116 Å². The number of nitrogens with one attached hydrogen (secondary N) is 1. The molecule has 2 unspecified atom stereocenters. The van der Waals surface area contributed by atoms with Crippen LogP contribution in [0.3, 0.4) is 0 Å². The molecule has 20 heavy (non-hydrogen) atoms. The first kappa shape index (κ1) is 14.3. The van der Waals surface area contributed by atoms with Crippen LogP contribution in [0.25, 0.3) is 0 Å². The number of amides is 2. The number of aliphatic hydroxyl groups excluding tert-OH is 1. The van der Waals surface area contributed by atoms with E-state index in [1.165, 1.54) is 0 Å². The molecule has 0 aliphatic carbocycles. The number of carboxylic acids is 1. The highest BCUT2D eigenvalue weighted by Gasteiger charge is 2.38. The van der Waals surface area contributed by atoms with Crippen molar-refractivity contribution < 1.29 is 19.8 Å². The standard InChI is InChI=1S/C12H18N4O4/c1-7-8(5-14-15(7)2)4-13-12(20)16-6-9(17)3-10(16)11(18)19/h5,9-10,17H,3-4,6H2,1-2H3,(H,13,20)(H,18,19). The lowest BCUT2D eigenvalue weighted by molar-refractivity contribution is -0.141. The molecule has 0 radical (unpaired) electrons. The van der Waals surface area contributed by atoms with Gasteiger partial charge in [0.2, 0.25) is 0 Å². The van der Waals surface area contributed by atoms with Crippen LogP contribution in [0, 0.1) is 6.92 Å². The Kier molecular flexibility index (Phi) is 3.93. The molecule has 1 aliphatic rings. The number of β-amino-alcohol motifs (C(OH)–C–C–N with tert-alkyl or cyclic N) is 1. The van der Waals surface area contributed by atoms with Crippen molar-refractivity contribution in [3.05, 3.63) is 17.5 Å². The van der Waals surface area contributed by atoms with E-state index in [1.54, 1.807) is 17.9 Å². The third-order valence-corrected chi connectivity index (χ3v) is 3.59. The molecule has 0 spiro atoms. The van der Waals surface area contributed by atoms with Gasteiger partial charge in [-0.05, 0) is 6.92 Å². The van der Waals surface area contributed by atoms with Gasteiger partial charge in [0.25, 0.3) is 0 Å². The van der Waals surface area contributed by atoms with Crippen LogP contribution < -0.4 is 5.32 Å². The van der Waals surface area contributed by atoms with Crippen molar-refractivity contribution in [3.8, 4) is 0 Å². The van der Waals surface area contributed by atoms with Crippen molar-refractivity contribution in [3.63, 3.8) is 0 Å². The Hall–Kier alpha value is -2.09. The summed E-state index contributed by atoms with van der Waals surface area (Å²) >= 11 is 0. The van der Waals surface area contributed by atoms with E-state index in [9.17, 15) is 14.7 Å². The maximum Gasteiger partial charge on any atom is 0.326 e. The molecule has 1 saturated heterocycles. The number of aliphatic hydroxyl groups is 1. The van der Waals surface area contributed by atoms with Gasteiger partial charge in [-0.1, -0.05) is 0 Å². The second kappa shape index (κ2) is 5.49. The fraction of sp³-hybridized carbons (Fsp3) is 0.583. The number of carboxylic acid groups (broad SMARTS) is 1. The number of carbonyl (C=O) groups excluding carboxylic acids is 1. The Bertz CT molecular complexity index is 528. The molecule has 1 fully saturated rings. The summed E-state index contributed by atoms with van der Waals surface area (Å²) in [7, 11) is 1.80. The Morgan fingerprint density at radius 1 is 1.55 bits per heavy atom. The summed E-state index contributed by atoms with van der Waals surface area (Å²) in [4.78, 5) is 24.2. The van der Waals surface area contributed by atoms with E-state index in [2.05, 4.69) is 10.4 Å². The van der Waals surface area contributed by atoms with Gasteiger partial charge in [-0.25, -0.2) is 9.59 Å². The van der Waals surface area contributed by atoms with Crippen molar-refractivity contribution in [2.24, 2.45) is 7.05 Å². The Balaban J connectivity index is 1.98. The number of rotatable bonds is 3. The van der Waals surface area contributed by atoms with Crippen LogP contribution in [-0.4, -0.2) is 55.6 Å². The molecule has 2 atom stereocenters. The van der Waals surface area contributed by atoms with Crippen LogP contribution >= 0.6 is 0 Å². The molecule has 1 aliphatic heterocycles. The monoisotopic (exact) mass is 282 g/mol. The van der Waals surface area contributed by atoms with Gasteiger partial charge in [0.05, 0.1) is 12.3 Å². The molecule has 2 amide bonds. The normalized spacial score (nSPS) is 22.1. The zero-order valence-electron chi connectivity index (χ0n) is 11.4. The van der Waals surface area contributed by atoms with Gasteiger partial charge < -0.3 is 20.4 Å². The average molecular weight is 282 g/mol. The van der Waals surface area contributed by atoms with Crippen LogP contribution in [0.2, 0.25) is 0 Å². The van der Waals surface area contributed by atoms with Crippen molar-refractivity contribution in [2.75, 3.05) is 6.54 Å². The first-order valence-electron chi connectivity index (χ1n) is 6.33. The third-order valence-electron chi connectivity index (χ3n) is 3.59. The summed E-state index contributed by atoms with van der Waals surface area (Å²) in [6, 6.07) is -1.46. The van der Waals surface area contributed by atoms with Gasteiger partial charge in [0.1, 0.15) is 6.04 Å². The summed E-state index contributed by atoms with van der Waals surface area (Å²) in [6.07, 6.45) is 0.930. The van der Waals surface area contributed by atoms with Crippen LogP contribution in [-0.2, 0) is 18.4 Å². The lowest BCUT2D eigenvalue weighted by atomic mass is 10.2. The van der Waals surface area contributed by atoms with E-state index in [4.69, 9.17) is 5.11 Å². The van der Waals surface area contributed by atoms with Gasteiger partial charge in [0, 0.05) is 37.8 Å². The molecule has 0 aromatic carbocycles. The number of carbonyl (C=O) groups is 2. The van der Waals surface area contributed by atoms with E-state index in [-0.39, 0.29) is 19.5 Å². The smallest absolute Gasteiger partial charge is 0.326 e. The fourth-order valence-corrected chi connectivity index (χ4v) is 2.26. The van der Waals surface area contributed by atoms with E-state index >= 15 is 0 Å². The van der Waals surface area contributed by atoms with Crippen molar-refractivity contribution in [1.82, 2.24) is 20.0 Å². The molecule has 1 aromatic heterocycles. The van der Waals surface area contributed by atoms with Crippen LogP contribution in [0.5, 0.6) is 0 Å². The number of hydrogen-bond donors (Lipinski definition) is 3. The topological polar surface area (TPSA) is 108 Å². The van der Waals surface area contributed by atoms with Gasteiger partial charge in [-0.15, -0.1) is 0 Å². The van der Waals surface area contributed by atoms with Crippen LogP contribution in [0.4, 0.5) is 4.79 Å². The largest absolute Gasteiger partial charge is 0.480 e. The van der Waals surface area contributed by atoms with Crippen molar-refractivity contribution in [1.29, 1.82) is 0 Å². The van der Waals surface area contributed by atoms with E-state index in [0.717, 1.165) is 16.2 Å². The van der Waals surface area contributed by atoms with E-state index < -0.39 is 24.1 Å². The summed E-state index contributed by atoms with van der Waals surface area (Å²) in [6.45, 7) is 2.19.